The lowest BCUT2D eigenvalue weighted by molar-refractivity contribution is -0.122. The topological polar surface area (TPSA) is 67.6 Å². The van der Waals surface area contributed by atoms with Gasteiger partial charge in [-0.1, -0.05) is 19.8 Å². The summed E-state index contributed by atoms with van der Waals surface area (Å²) >= 11 is 0. The van der Waals surface area contributed by atoms with Gasteiger partial charge in [0.2, 0.25) is 5.91 Å². The van der Waals surface area contributed by atoms with Crippen LogP contribution in [0, 0.1) is 0 Å². The zero-order chi connectivity index (χ0) is 13.1. The molecule has 0 spiro atoms. The van der Waals surface area contributed by atoms with E-state index in [2.05, 4.69) is 17.1 Å². The molecule has 17 heavy (non-hydrogen) atoms. The van der Waals surface area contributed by atoms with E-state index >= 15 is 0 Å². The van der Waals surface area contributed by atoms with Crippen LogP contribution in [-0.4, -0.2) is 57.2 Å². The van der Waals surface area contributed by atoms with Gasteiger partial charge in [-0.2, -0.15) is 0 Å². The molecule has 3 N–H and O–H groups in total. The number of nitrogens with two attached hydrogens (primary N) is 1. The molecule has 0 radical (unpaired) electrons. The number of hydrogen-bond acceptors (Lipinski definition) is 4. The summed E-state index contributed by atoms with van der Waals surface area (Å²) < 4.78 is 4.97. The van der Waals surface area contributed by atoms with Gasteiger partial charge in [0.1, 0.15) is 0 Å². The minimum atomic E-state index is -0.362. The van der Waals surface area contributed by atoms with E-state index in [1.54, 1.807) is 7.11 Å². The van der Waals surface area contributed by atoms with E-state index < -0.39 is 0 Å². The number of carbonyl (C=O) groups is 1. The molecule has 1 amide bonds. The van der Waals surface area contributed by atoms with Crippen LogP contribution in [0.1, 0.15) is 26.2 Å². The molecule has 5 heteroatoms. The van der Waals surface area contributed by atoms with E-state index in [-0.39, 0.29) is 11.9 Å². The molecule has 0 bridgehead atoms. The molecule has 0 unspecified atom stereocenters. The number of hydrogen-bond donors (Lipinski definition) is 2. The molecular formula is C12H27N3O2. The highest BCUT2D eigenvalue weighted by Crippen LogP contribution is 1.97. The van der Waals surface area contributed by atoms with Crippen LogP contribution < -0.4 is 11.1 Å². The molecule has 0 heterocycles. The van der Waals surface area contributed by atoms with Crippen LogP contribution in [0.15, 0.2) is 0 Å². The van der Waals surface area contributed by atoms with Crippen molar-refractivity contribution in [2.75, 3.05) is 40.4 Å². The van der Waals surface area contributed by atoms with Crippen molar-refractivity contribution in [1.82, 2.24) is 10.2 Å². The summed E-state index contributed by atoms with van der Waals surface area (Å²) in [6, 6.07) is -0.362. The molecule has 0 rings (SSSR count). The highest BCUT2D eigenvalue weighted by molar-refractivity contribution is 5.81. The van der Waals surface area contributed by atoms with Crippen LogP contribution in [0.5, 0.6) is 0 Å². The fourth-order valence-corrected chi connectivity index (χ4v) is 1.42. The van der Waals surface area contributed by atoms with Gasteiger partial charge in [0, 0.05) is 26.7 Å². The first kappa shape index (κ1) is 16.4. The summed E-state index contributed by atoms with van der Waals surface area (Å²) in [5.41, 5.74) is 5.75. The monoisotopic (exact) mass is 245 g/mol. The summed E-state index contributed by atoms with van der Waals surface area (Å²) in [6.45, 7) is 5.12. The Labute approximate surface area is 105 Å². The van der Waals surface area contributed by atoms with Crippen molar-refractivity contribution < 1.29 is 9.53 Å². The number of methoxy groups -OCH3 is 1. The van der Waals surface area contributed by atoms with E-state index in [4.69, 9.17) is 10.5 Å². The molecule has 0 aromatic carbocycles. The second kappa shape index (κ2) is 10.5. The number of amides is 1. The molecular weight excluding hydrogens is 218 g/mol. The summed E-state index contributed by atoms with van der Waals surface area (Å²) in [4.78, 5) is 13.7. The number of likely N-dealkylation sites (N-methyl/N-ethyl adjacent to an activating group) is 1. The first-order valence-electron chi connectivity index (χ1n) is 6.32. The first-order chi connectivity index (χ1) is 8.11. The molecule has 0 aromatic heterocycles. The van der Waals surface area contributed by atoms with Gasteiger partial charge in [0.05, 0.1) is 12.6 Å². The number of unbranched alkanes of at least 4 members (excludes halogenated alkanes) is 1. The third-order valence-electron chi connectivity index (χ3n) is 2.68. The van der Waals surface area contributed by atoms with Crippen LogP contribution >= 0.6 is 0 Å². The number of nitrogens with one attached hydrogen (secondary N) is 1. The fourth-order valence-electron chi connectivity index (χ4n) is 1.42. The van der Waals surface area contributed by atoms with E-state index in [9.17, 15) is 4.79 Å². The Hall–Kier alpha value is -0.650. The lowest BCUT2D eigenvalue weighted by Crippen LogP contribution is -2.43. The van der Waals surface area contributed by atoms with Gasteiger partial charge in [0.25, 0.3) is 0 Å². The second-order valence-corrected chi connectivity index (χ2v) is 4.34. The molecule has 0 aliphatic rings. The van der Waals surface area contributed by atoms with Crippen LogP contribution in [0.25, 0.3) is 0 Å². The predicted octanol–water partition coefficient (Wildman–Crippen LogP) is 0.198. The standard InChI is InChI=1S/C12H27N3O2/c1-4-5-6-11(13)12(16)14-7-8-15(2)9-10-17-3/h11H,4-10,13H2,1-3H3,(H,14,16)/t11-/m0/s1. The smallest absolute Gasteiger partial charge is 0.236 e. The van der Waals surface area contributed by atoms with Crippen molar-refractivity contribution in [2.45, 2.75) is 32.2 Å². The Bertz CT molecular complexity index is 200. The molecule has 0 aromatic rings. The Morgan fingerprint density at radius 1 is 1.47 bits per heavy atom. The maximum atomic E-state index is 11.6. The van der Waals surface area contributed by atoms with Gasteiger partial charge in [-0.05, 0) is 13.5 Å². The van der Waals surface area contributed by atoms with Crippen LogP contribution in [0.4, 0.5) is 0 Å². The van der Waals surface area contributed by atoms with Crippen LogP contribution in [-0.2, 0) is 9.53 Å². The lowest BCUT2D eigenvalue weighted by atomic mass is 10.1. The van der Waals surface area contributed by atoms with Crippen molar-refractivity contribution >= 4 is 5.91 Å². The highest BCUT2D eigenvalue weighted by Gasteiger charge is 2.11. The minimum absolute atomic E-state index is 0.0430. The van der Waals surface area contributed by atoms with Gasteiger partial charge >= 0.3 is 0 Å². The summed E-state index contributed by atoms with van der Waals surface area (Å²) in [6.07, 6.45) is 2.84. The summed E-state index contributed by atoms with van der Waals surface area (Å²) in [7, 11) is 3.69. The SMILES string of the molecule is CCCC[C@H](N)C(=O)NCCN(C)CCOC. The van der Waals surface area contributed by atoms with Gasteiger partial charge in [0.15, 0.2) is 0 Å². The predicted molar refractivity (Wildman–Crippen MR) is 69.9 cm³/mol. The maximum Gasteiger partial charge on any atom is 0.236 e. The van der Waals surface area contributed by atoms with Crippen LogP contribution in [0.2, 0.25) is 0 Å². The first-order valence-corrected chi connectivity index (χ1v) is 6.32. The van der Waals surface area contributed by atoms with Gasteiger partial charge in [-0.3, -0.25) is 4.79 Å². The van der Waals surface area contributed by atoms with Crippen molar-refractivity contribution in [3.63, 3.8) is 0 Å². The number of ether oxygens (including phenoxy) is 1. The molecule has 0 fully saturated rings. The summed E-state index contributed by atoms with van der Waals surface area (Å²) in [5.74, 6) is -0.0430. The van der Waals surface area contributed by atoms with E-state index in [1.807, 2.05) is 7.05 Å². The number of nitrogens with zero attached hydrogens (tertiary/aromatic N) is 1. The maximum absolute atomic E-state index is 11.6. The number of rotatable bonds is 10. The zero-order valence-electron chi connectivity index (χ0n) is 11.4. The second-order valence-electron chi connectivity index (χ2n) is 4.34. The van der Waals surface area contributed by atoms with Gasteiger partial charge in [-0.25, -0.2) is 0 Å². The Morgan fingerprint density at radius 3 is 2.76 bits per heavy atom. The van der Waals surface area contributed by atoms with Crippen LogP contribution in [0.3, 0.4) is 0 Å². The van der Waals surface area contributed by atoms with Gasteiger partial charge in [-0.15, -0.1) is 0 Å². The van der Waals surface area contributed by atoms with Crippen molar-refractivity contribution in [1.29, 1.82) is 0 Å². The van der Waals surface area contributed by atoms with Gasteiger partial charge < -0.3 is 20.7 Å². The van der Waals surface area contributed by atoms with Crippen molar-refractivity contribution in [2.24, 2.45) is 5.73 Å². The van der Waals surface area contributed by atoms with Crippen molar-refractivity contribution in [3.8, 4) is 0 Å². The molecule has 102 valence electrons. The molecule has 1 atom stereocenters. The number of carbonyl (C=O) groups excluding carboxylic acids is 1. The highest BCUT2D eigenvalue weighted by atomic mass is 16.5. The molecule has 0 aliphatic heterocycles. The molecule has 5 nitrogen and oxygen atoms in total. The van der Waals surface area contributed by atoms with E-state index in [0.29, 0.717) is 13.2 Å². The van der Waals surface area contributed by atoms with E-state index in [0.717, 1.165) is 32.4 Å². The average molecular weight is 245 g/mol. The molecule has 0 saturated heterocycles. The third-order valence-corrected chi connectivity index (χ3v) is 2.68. The third kappa shape index (κ3) is 9.09. The van der Waals surface area contributed by atoms with E-state index in [1.165, 1.54) is 0 Å². The largest absolute Gasteiger partial charge is 0.383 e. The molecule has 0 saturated carbocycles. The quantitative estimate of drug-likeness (QED) is 0.577. The minimum Gasteiger partial charge on any atom is -0.383 e. The average Bonchev–Trinajstić information content (AvgIpc) is 2.33. The Kier molecular flexibility index (Phi) is 10.1. The fraction of sp³-hybridized carbons (Fsp3) is 0.917. The zero-order valence-corrected chi connectivity index (χ0v) is 11.4. The lowest BCUT2D eigenvalue weighted by Gasteiger charge is -2.17. The van der Waals surface area contributed by atoms with Crippen molar-refractivity contribution in [3.05, 3.63) is 0 Å². The Morgan fingerprint density at radius 2 is 2.18 bits per heavy atom. The Balaban J connectivity index is 3.55. The molecule has 0 aliphatic carbocycles. The summed E-state index contributed by atoms with van der Waals surface area (Å²) in [5, 5.41) is 2.85. The normalized spacial score (nSPS) is 12.8.